The number of nitrogens with zero attached hydrogens (tertiary/aromatic N) is 4. The van der Waals surface area contributed by atoms with Crippen molar-refractivity contribution in [1.82, 2.24) is 19.6 Å². The Morgan fingerprint density at radius 2 is 1.71 bits per heavy atom. The molecule has 0 aliphatic rings. The van der Waals surface area contributed by atoms with Crippen molar-refractivity contribution in [2.75, 3.05) is 5.32 Å². The molecule has 2 aromatic carbocycles. The van der Waals surface area contributed by atoms with Crippen LogP contribution in [0.2, 0.25) is 0 Å². The standard InChI is InChI=1S/C23H21N5O3/c1-16-14-17(2)28(25-16)21-12-13-23(30)27(26-21)15-22(29)24-19-10-6-7-11-20(19)31-18-8-4-3-5-9-18/h3-14H,15H2,1-2H3,(H,24,29). The van der Waals surface area contributed by atoms with E-state index in [1.54, 1.807) is 28.9 Å². The van der Waals surface area contributed by atoms with Crippen LogP contribution < -0.4 is 15.6 Å². The normalized spacial score (nSPS) is 10.6. The van der Waals surface area contributed by atoms with E-state index in [2.05, 4.69) is 15.5 Å². The molecule has 0 spiro atoms. The van der Waals surface area contributed by atoms with Crippen LogP contribution in [0.4, 0.5) is 5.69 Å². The minimum Gasteiger partial charge on any atom is -0.455 e. The van der Waals surface area contributed by atoms with Gasteiger partial charge in [-0.2, -0.15) is 5.10 Å². The van der Waals surface area contributed by atoms with Crippen LogP contribution in [0.25, 0.3) is 5.82 Å². The number of carbonyl (C=O) groups is 1. The van der Waals surface area contributed by atoms with Gasteiger partial charge < -0.3 is 10.1 Å². The number of carbonyl (C=O) groups excluding carboxylic acids is 1. The molecule has 2 heterocycles. The smallest absolute Gasteiger partial charge is 0.267 e. The number of aryl methyl sites for hydroxylation is 2. The number of anilines is 1. The minimum absolute atomic E-state index is 0.244. The van der Waals surface area contributed by atoms with Gasteiger partial charge in [0.05, 0.1) is 11.4 Å². The van der Waals surface area contributed by atoms with E-state index < -0.39 is 5.91 Å². The average Bonchev–Trinajstić information content (AvgIpc) is 3.10. The predicted octanol–water partition coefficient (Wildman–Crippen LogP) is 3.48. The van der Waals surface area contributed by atoms with Crippen LogP contribution in [0.1, 0.15) is 11.4 Å². The van der Waals surface area contributed by atoms with E-state index in [1.165, 1.54) is 6.07 Å². The maximum atomic E-state index is 12.7. The molecule has 8 nitrogen and oxygen atoms in total. The molecule has 31 heavy (non-hydrogen) atoms. The number of hydrogen-bond donors (Lipinski definition) is 1. The van der Waals surface area contributed by atoms with Gasteiger partial charge in [-0.15, -0.1) is 5.10 Å². The number of benzene rings is 2. The highest BCUT2D eigenvalue weighted by molar-refractivity contribution is 5.92. The van der Waals surface area contributed by atoms with E-state index in [9.17, 15) is 9.59 Å². The van der Waals surface area contributed by atoms with E-state index >= 15 is 0 Å². The molecule has 156 valence electrons. The first kappa shape index (κ1) is 20.1. The third kappa shape index (κ3) is 4.69. The molecule has 4 aromatic rings. The molecule has 1 amide bonds. The fourth-order valence-corrected chi connectivity index (χ4v) is 3.13. The minimum atomic E-state index is -0.399. The lowest BCUT2D eigenvalue weighted by molar-refractivity contribution is -0.117. The molecule has 2 aromatic heterocycles. The van der Waals surface area contributed by atoms with E-state index in [1.807, 2.05) is 56.3 Å². The average molecular weight is 415 g/mol. The molecule has 8 heteroatoms. The van der Waals surface area contributed by atoms with Crippen LogP contribution in [-0.4, -0.2) is 25.5 Å². The van der Waals surface area contributed by atoms with Gasteiger partial charge >= 0.3 is 0 Å². The molecule has 4 rings (SSSR count). The maximum absolute atomic E-state index is 12.7. The van der Waals surface area contributed by atoms with Gasteiger partial charge in [-0.25, -0.2) is 9.36 Å². The highest BCUT2D eigenvalue weighted by atomic mass is 16.5. The second-order valence-corrected chi connectivity index (χ2v) is 6.99. The van der Waals surface area contributed by atoms with Gasteiger partial charge in [0.25, 0.3) is 5.56 Å². The Balaban J connectivity index is 1.53. The van der Waals surface area contributed by atoms with Gasteiger partial charge in [-0.05, 0) is 50.2 Å². The van der Waals surface area contributed by atoms with Crippen LogP contribution in [0.5, 0.6) is 11.5 Å². The summed E-state index contributed by atoms with van der Waals surface area (Å²) in [6.45, 7) is 3.53. The summed E-state index contributed by atoms with van der Waals surface area (Å²) >= 11 is 0. The van der Waals surface area contributed by atoms with Crippen molar-refractivity contribution < 1.29 is 9.53 Å². The van der Waals surface area contributed by atoms with Crippen molar-refractivity contribution in [2.45, 2.75) is 20.4 Å². The SMILES string of the molecule is Cc1cc(C)n(-c2ccc(=O)n(CC(=O)Nc3ccccc3Oc3ccccc3)n2)n1. The zero-order valence-electron chi connectivity index (χ0n) is 17.1. The Labute approximate surface area is 178 Å². The lowest BCUT2D eigenvalue weighted by Crippen LogP contribution is -2.30. The second kappa shape index (κ2) is 8.66. The van der Waals surface area contributed by atoms with Crippen LogP contribution in [-0.2, 0) is 11.3 Å². The fraction of sp³-hybridized carbons (Fsp3) is 0.130. The Hall–Kier alpha value is -4.20. The highest BCUT2D eigenvalue weighted by Crippen LogP contribution is 2.29. The first-order chi connectivity index (χ1) is 15.0. The lowest BCUT2D eigenvalue weighted by atomic mass is 10.3. The zero-order chi connectivity index (χ0) is 21.8. The molecular formula is C23H21N5O3. The van der Waals surface area contributed by atoms with Crippen LogP contribution >= 0.6 is 0 Å². The number of ether oxygens (including phenoxy) is 1. The quantitative estimate of drug-likeness (QED) is 0.521. The largest absolute Gasteiger partial charge is 0.455 e. The molecule has 1 N–H and O–H groups in total. The molecule has 0 radical (unpaired) electrons. The van der Waals surface area contributed by atoms with Gasteiger partial charge in [0.15, 0.2) is 11.6 Å². The second-order valence-electron chi connectivity index (χ2n) is 6.99. The van der Waals surface area contributed by atoms with E-state index in [0.717, 1.165) is 16.1 Å². The molecule has 0 unspecified atom stereocenters. The van der Waals surface area contributed by atoms with Gasteiger partial charge in [-0.3, -0.25) is 9.59 Å². The first-order valence-electron chi connectivity index (χ1n) is 9.73. The molecular weight excluding hydrogens is 394 g/mol. The summed E-state index contributed by atoms with van der Waals surface area (Å²) in [6.07, 6.45) is 0. The summed E-state index contributed by atoms with van der Waals surface area (Å²) in [6, 6.07) is 21.2. The topological polar surface area (TPSA) is 91.0 Å². The molecule has 0 aliphatic heterocycles. The summed E-state index contributed by atoms with van der Waals surface area (Å²) in [5.41, 5.74) is 1.84. The summed E-state index contributed by atoms with van der Waals surface area (Å²) in [5.74, 6) is 1.22. The van der Waals surface area contributed by atoms with Crippen LogP contribution in [0.15, 0.2) is 77.6 Å². The molecule has 0 atom stereocenters. The van der Waals surface area contributed by atoms with Crippen molar-refractivity contribution in [1.29, 1.82) is 0 Å². The first-order valence-corrected chi connectivity index (χ1v) is 9.73. The molecule has 0 saturated heterocycles. The highest BCUT2D eigenvalue weighted by Gasteiger charge is 2.12. The fourth-order valence-electron chi connectivity index (χ4n) is 3.13. The van der Waals surface area contributed by atoms with Crippen LogP contribution in [0.3, 0.4) is 0 Å². The third-order valence-electron chi connectivity index (χ3n) is 4.50. The summed E-state index contributed by atoms with van der Waals surface area (Å²) < 4.78 is 8.61. The molecule has 0 bridgehead atoms. The van der Waals surface area contributed by atoms with E-state index in [0.29, 0.717) is 23.0 Å². The molecule has 0 saturated carbocycles. The third-order valence-corrected chi connectivity index (χ3v) is 4.50. The Kier molecular flexibility index (Phi) is 5.61. The van der Waals surface area contributed by atoms with Crippen molar-refractivity contribution in [3.05, 3.63) is 94.5 Å². The molecule has 0 fully saturated rings. The van der Waals surface area contributed by atoms with Crippen LogP contribution in [0, 0.1) is 13.8 Å². The van der Waals surface area contributed by atoms with Gasteiger partial charge in [0, 0.05) is 11.8 Å². The Bertz CT molecular complexity index is 1280. The number of para-hydroxylation sites is 3. The lowest BCUT2D eigenvalue weighted by Gasteiger charge is -2.13. The van der Waals surface area contributed by atoms with Gasteiger partial charge in [0.1, 0.15) is 12.3 Å². The van der Waals surface area contributed by atoms with Crippen molar-refractivity contribution >= 4 is 11.6 Å². The Morgan fingerprint density at radius 3 is 2.45 bits per heavy atom. The summed E-state index contributed by atoms with van der Waals surface area (Å²) in [4.78, 5) is 24.9. The van der Waals surface area contributed by atoms with E-state index in [4.69, 9.17) is 4.74 Å². The number of hydrogen-bond acceptors (Lipinski definition) is 5. The number of aromatic nitrogens is 4. The van der Waals surface area contributed by atoms with Gasteiger partial charge in [0.2, 0.25) is 5.91 Å². The van der Waals surface area contributed by atoms with Crippen molar-refractivity contribution in [3.8, 4) is 17.3 Å². The van der Waals surface area contributed by atoms with E-state index in [-0.39, 0.29) is 12.1 Å². The van der Waals surface area contributed by atoms with Crippen molar-refractivity contribution in [2.24, 2.45) is 0 Å². The summed E-state index contributed by atoms with van der Waals surface area (Å²) in [7, 11) is 0. The number of rotatable bonds is 6. The number of nitrogens with one attached hydrogen (secondary N) is 1. The number of amides is 1. The monoisotopic (exact) mass is 415 g/mol. The Morgan fingerprint density at radius 1 is 0.968 bits per heavy atom. The molecule has 0 aliphatic carbocycles. The summed E-state index contributed by atoms with van der Waals surface area (Å²) in [5, 5.41) is 11.5. The van der Waals surface area contributed by atoms with Gasteiger partial charge in [-0.1, -0.05) is 30.3 Å². The zero-order valence-corrected chi connectivity index (χ0v) is 17.1. The predicted molar refractivity (Wildman–Crippen MR) is 117 cm³/mol. The van der Waals surface area contributed by atoms with Crippen molar-refractivity contribution in [3.63, 3.8) is 0 Å². The maximum Gasteiger partial charge on any atom is 0.267 e.